The summed E-state index contributed by atoms with van der Waals surface area (Å²) in [5.41, 5.74) is 2.78. The Morgan fingerprint density at radius 3 is 2.89 bits per heavy atom. The van der Waals surface area contributed by atoms with Gasteiger partial charge in [0.25, 0.3) is 0 Å². The lowest BCUT2D eigenvalue weighted by molar-refractivity contribution is 0.504. The molecule has 0 amide bonds. The van der Waals surface area contributed by atoms with Crippen molar-refractivity contribution in [3.05, 3.63) is 29.8 Å². The Hall–Kier alpha value is -1.53. The molecule has 0 fully saturated rings. The number of nitrogens with one attached hydrogen (secondary N) is 1. The summed E-state index contributed by atoms with van der Waals surface area (Å²) >= 11 is 0. The van der Waals surface area contributed by atoms with Crippen LogP contribution in [0.3, 0.4) is 0 Å². The van der Waals surface area contributed by atoms with E-state index in [0.717, 1.165) is 25.9 Å². The first-order chi connectivity index (χ1) is 8.70. The molecular formula is C15H21N3. The summed E-state index contributed by atoms with van der Waals surface area (Å²) in [6.45, 7) is 6.19. The topological polar surface area (TPSA) is 39.1 Å². The van der Waals surface area contributed by atoms with Crippen LogP contribution in [0.1, 0.15) is 25.8 Å². The highest BCUT2D eigenvalue weighted by atomic mass is 15.1. The lowest BCUT2D eigenvalue weighted by Gasteiger charge is -2.22. The molecule has 0 radical (unpaired) electrons. The lowest BCUT2D eigenvalue weighted by atomic mass is 10.1. The number of hydrogen-bond donors (Lipinski definition) is 1. The van der Waals surface area contributed by atoms with E-state index >= 15 is 0 Å². The molecule has 1 aromatic rings. The Balaban J connectivity index is 1.90. The van der Waals surface area contributed by atoms with Gasteiger partial charge in [0, 0.05) is 24.8 Å². The smallest absolute Gasteiger partial charge is 0.0971 e. The Bertz CT molecular complexity index is 434. The van der Waals surface area contributed by atoms with Crippen LogP contribution >= 0.6 is 0 Å². The first-order valence-corrected chi connectivity index (χ1v) is 6.69. The van der Waals surface area contributed by atoms with E-state index in [9.17, 15) is 0 Å². The number of nitrogens with zero attached hydrogens (tertiary/aromatic N) is 2. The molecule has 3 heteroatoms. The summed E-state index contributed by atoms with van der Waals surface area (Å²) in [6, 6.07) is 11.2. The second kappa shape index (κ2) is 5.88. The van der Waals surface area contributed by atoms with E-state index in [4.69, 9.17) is 5.26 Å². The van der Waals surface area contributed by atoms with Gasteiger partial charge in [-0.2, -0.15) is 5.26 Å². The molecule has 0 aliphatic carbocycles. The van der Waals surface area contributed by atoms with Gasteiger partial charge in [-0.15, -0.1) is 0 Å². The van der Waals surface area contributed by atoms with E-state index in [1.165, 1.54) is 11.3 Å². The molecule has 18 heavy (non-hydrogen) atoms. The van der Waals surface area contributed by atoms with E-state index < -0.39 is 0 Å². The van der Waals surface area contributed by atoms with Crippen molar-refractivity contribution in [3.63, 3.8) is 0 Å². The number of para-hydroxylation sites is 1. The third-order valence-electron chi connectivity index (χ3n) is 3.36. The number of rotatable bonds is 5. The Labute approximate surface area is 109 Å². The predicted octanol–water partition coefficient (Wildman–Crippen LogP) is 2.33. The number of nitriles is 1. The number of hydrogen-bond acceptors (Lipinski definition) is 3. The maximum absolute atomic E-state index is 9.11. The van der Waals surface area contributed by atoms with Crippen molar-refractivity contribution < 1.29 is 0 Å². The van der Waals surface area contributed by atoms with Crippen LogP contribution in [0.5, 0.6) is 0 Å². The highest BCUT2D eigenvalue weighted by Crippen LogP contribution is 2.27. The third-order valence-corrected chi connectivity index (χ3v) is 3.36. The van der Waals surface area contributed by atoms with Gasteiger partial charge >= 0.3 is 0 Å². The summed E-state index contributed by atoms with van der Waals surface area (Å²) in [4.78, 5) is 2.39. The van der Waals surface area contributed by atoms with Gasteiger partial charge in [0.1, 0.15) is 0 Å². The summed E-state index contributed by atoms with van der Waals surface area (Å²) in [5, 5.41) is 12.4. The van der Waals surface area contributed by atoms with E-state index in [0.29, 0.717) is 6.04 Å². The molecule has 96 valence electrons. The highest BCUT2D eigenvalue weighted by molar-refractivity contribution is 5.57. The molecule has 1 heterocycles. The molecule has 3 nitrogen and oxygen atoms in total. The zero-order valence-electron chi connectivity index (χ0n) is 11.2. The maximum atomic E-state index is 9.11. The monoisotopic (exact) mass is 243 g/mol. The maximum Gasteiger partial charge on any atom is 0.0971 e. The summed E-state index contributed by atoms with van der Waals surface area (Å²) in [7, 11) is 0. The van der Waals surface area contributed by atoms with Crippen LogP contribution in [0.25, 0.3) is 0 Å². The van der Waals surface area contributed by atoms with Crippen LogP contribution in [0.4, 0.5) is 5.69 Å². The fraction of sp³-hybridized carbons (Fsp3) is 0.533. The summed E-state index contributed by atoms with van der Waals surface area (Å²) < 4.78 is 0. The van der Waals surface area contributed by atoms with E-state index in [-0.39, 0.29) is 6.04 Å². The van der Waals surface area contributed by atoms with Crippen molar-refractivity contribution in [1.29, 1.82) is 5.26 Å². The summed E-state index contributed by atoms with van der Waals surface area (Å²) in [6.07, 6.45) is 2.01. The molecule has 1 N–H and O–H groups in total. The molecule has 0 saturated carbocycles. The number of benzene rings is 1. The Kier molecular flexibility index (Phi) is 4.22. The van der Waals surface area contributed by atoms with Gasteiger partial charge in [-0.25, -0.2) is 0 Å². The van der Waals surface area contributed by atoms with Crippen LogP contribution in [0.15, 0.2) is 24.3 Å². The molecule has 1 aliphatic heterocycles. The van der Waals surface area contributed by atoms with Crippen molar-refractivity contribution in [3.8, 4) is 6.07 Å². The van der Waals surface area contributed by atoms with Crippen molar-refractivity contribution >= 4 is 5.69 Å². The van der Waals surface area contributed by atoms with Crippen LogP contribution in [-0.2, 0) is 6.42 Å². The zero-order valence-corrected chi connectivity index (χ0v) is 11.2. The number of anilines is 1. The quantitative estimate of drug-likeness (QED) is 0.862. The molecule has 2 rings (SSSR count). The van der Waals surface area contributed by atoms with Crippen molar-refractivity contribution in [2.75, 3.05) is 18.0 Å². The minimum Gasteiger partial charge on any atom is -0.371 e. The Morgan fingerprint density at radius 2 is 2.17 bits per heavy atom. The zero-order chi connectivity index (χ0) is 13.0. The minimum atomic E-state index is -0.0437. The Morgan fingerprint density at radius 1 is 1.39 bits per heavy atom. The molecule has 0 spiro atoms. The fourth-order valence-electron chi connectivity index (χ4n) is 2.51. The van der Waals surface area contributed by atoms with Gasteiger partial charge in [-0.05, 0) is 38.3 Å². The van der Waals surface area contributed by atoms with E-state index in [1.807, 2.05) is 0 Å². The van der Waals surface area contributed by atoms with Gasteiger partial charge in [-0.3, -0.25) is 5.32 Å². The average Bonchev–Trinajstić information content (AvgIpc) is 2.77. The van der Waals surface area contributed by atoms with Gasteiger partial charge in [0.05, 0.1) is 12.1 Å². The second-order valence-corrected chi connectivity index (χ2v) is 5.16. The second-order valence-electron chi connectivity index (χ2n) is 5.16. The lowest BCUT2D eigenvalue weighted by Crippen LogP contribution is -2.36. The largest absolute Gasteiger partial charge is 0.371 e. The molecule has 0 aromatic heterocycles. The molecule has 1 atom stereocenters. The third kappa shape index (κ3) is 3.02. The SMILES string of the molecule is CC(C)NC(C#N)CCN1CCc2ccccc21. The van der Waals surface area contributed by atoms with E-state index in [2.05, 4.69) is 54.4 Å². The first kappa shape index (κ1) is 12.9. The average molecular weight is 243 g/mol. The van der Waals surface area contributed by atoms with Crippen LogP contribution in [0.2, 0.25) is 0 Å². The predicted molar refractivity (Wildman–Crippen MR) is 74.6 cm³/mol. The standard InChI is InChI=1S/C15H21N3/c1-12(2)17-14(11-16)8-10-18-9-7-13-5-3-4-6-15(13)18/h3-6,12,14,17H,7-10H2,1-2H3. The first-order valence-electron chi connectivity index (χ1n) is 6.69. The summed E-state index contributed by atoms with van der Waals surface area (Å²) in [5.74, 6) is 0. The molecule has 1 aromatic carbocycles. The number of fused-ring (bicyclic) bond motifs is 1. The van der Waals surface area contributed by atoms with Gasteiger partial charge in [-0.1, -0.05) is 18.2 Å². The van der Waals surface area contributed by atoms with Crippen LogP contribution in [-0.4, -0.2) is 25.2 Å². The molecule has 0 bridgehead atoms. The van der Waals surface area contributed by atoms with Gasteiger partial charge < -0.3 is 4.90 Å². The highest BCUT2D eigenvalue weighted by Gasteiger charge is 2.19. The van der Waals surface area contributed by atoms with Crippen molar-refractivity contribution in [1.82, 2.24) is 5.32 Å². The van der Waals surface area contributed by atoms with Gasteiger partial charge in [0.2, 0.25) is 0 Å². The normalized spacial score (nSPS) is 15.6. The fourth-order valence-corrected chi connectivity index (χ4v) is 2.51. The van der Waals surface area contributed by atoms with Crippen LogP contribution < -0.4 is 10.2 Å². The van der Waals surface area contributed by atoms with E-state index in [1.54, 1.807) is 0 Å². The molecular weight excluding hydrogens is 222 g/mol. The van der Waals surface area contributed by atoms with Crippen molar-refractivity contribution in [2.24, 2.45) is 0 Å². The van der Waals surface area contributed by atoms with Crippen molar-refractivity contribution in [2.45, 2.75) is 38.8 Å². The van der Waals surface area contributed by atoms with Crippen LogP contribution in [0, 0.1) is 11.3 Å². The molecule has 1 unspecified atom stereocenters. The molecule has 1 aliphatic rings. The molecule has 0 saturated heterocycles. The minimum absolute atomic E-state index is 0.0437. The van der Waals surface area contributed by atoms with Gasteiger partial charge in [0.15, 0.2) is 0 Å².